The van der Waals surface area contributed by atoms with Crippen molar-refractivity contribution in [1.29, 1.82) is 5.26 Å². The van der Waals surface area contributed by atoms with E-state index in [1.165, 1.54) is 7.11 Å². The highest BCUT2D eigenvalue weighted by Crippen LogP contribution is 2.20. The molecule has 1 aromatic rings. The van der Waals surface area contributed by atoms with Crippen LogP contribution in [-0.4, -0.2) is 27.3 Å². The Balaban J connectivity index is 2.92. The number of ether oxygens (including phenoxy) is 1. The average molecular weight is 282 g/mol. The zero-order chi connectivity index (χ0) is 14.5. The molecule has 0 aliphatic carbocycles. The van der Waals surface area contributed by atoms with Crippen molar-refractivity contribution in [3.63, 3.8) is 0 Å². The molecule has 0 spiro atoms. The number of methoxy groups -OCH3 is 1. The van der Waals surface area contributed by atoms with Crippen LogP contribution >= 0.6 is 0 Å². The number of nitriles is 1. The first-order chi connectivity index (χ1) is 8.91. The summed E-state index contributed by atoms with van der Waals surface area (Å²) >= 11 is 0. The Morgan fingerprint density at radius 2 is 2.16 bits per heavy atom. The van der Waals surface area contributed by atoms with Gasteiger partial charge in [-0.25, -0.2) is 8.42 Å². The van der Waals surface area contributed by atoms with E-state index in [1.54, 1.807) is 18.2 Å². The Hall–Kier alpha value is -1.58. The lowest BCUT2D eigenvalue weighted by molar-refractivity contribution is 0.413. The summed E-state index contributed by atoms with van der Waals surface area (Å²) in [4.78, 5) is 0. The number of hydrogen-bond acceptors (Lipinski definition) is 5. The third kappa shape index (κ3) is 4.54. The normalized spacial score (nSPS) is 12.7. The quantitative estimate of drug-likeness (QED) is 0.846. The molecule has 1 unspecified atom stereocenters. The molecule has 0 aliphatic heterocycles. The summed E-state index contributed by atoms with van der Waals surface area (Å²) in [5.41, 5.74) is 6.65. The molecule has 1 aromatic carbocycles. The van der Waals surface area contributed by atoms with Gasteiger partial charge < -0.3 is 10.5 Å². The number of hydrogen-bond donors (Lipinski definition) is 1. The van der Waals surface area contributed by atoms with E-state index in [-0.39, 0.29) is 17.5 Å². The number of nitrogens with zero attached hydrogens (tertiary/aromatic N) is 1. The maximum Gasteiger partial charge on any atom is 0.155 e. The Bertz CT molecular complexity index is 576. The van der Waals surface area contributed by atoms with E-state index in [2.05, 4.69) is 0 Å². The number of benzene rings is 1. The van der Waals surface area contributed by atoms with Crippen LogP contribution in [0.2, 0.25) is 0 Å². The zero-order valence-corrected chi connectivity index (χ0v) is 11.9. The molecule has 0 amide bonds. The van der Waals surface area contributed by atoms with Gasteiger partial charge in [-0.3, -0.25) is 0 Å². The predicted molar refractivity (Wildman–Crippen MR) is 73.5 cm³/mol. The van der Waals surface area contributed by atoms with E-state index in [0.717, 1.165) is 0 Å². The minimum atomic E-state index is -3.25. The van der Waals surface area contributed by atoms with Crippen molar-refractivity contribution in [2.45, 2.75) is 25.1 Å². The highest BCUT2D eigenvalue weighted by Gasteiger charge is 2.17. The second kappa shape index (κ2) is 6.55. The van der Waals surface area contributed by atoms with E-state index in [4.69, 9.17) is 15.7 Å². The molecule has 1 rings (SSSR count). The van der Waals surface area contributed by atoms with Crippen molar-refractivity contribution >= 4 is 9.84 Å². The maximum absolute atomic E-state index is 11.9. The maximum atomic E-state index is 11.9. The van der Waals surface area contributed by atoms with Crippen LogP contribution in [0.15, 0.2) is 18.2 Å². The van der Waals surface area contributed by atoms with Crippen LogP contribution < -0.4 is 10.5 Å². The summed E-state index contributed by atoms with van der Waals surface area (Å²) < 4.78 is 28.9. The van der Waals surface area contributed by atoms with Crippen molar-refractivity contribution < 1.29 is 13.2 Å². The fourth-order valence-corrected chi connectivity index (χ4v) is 3.37. The van der Waals surface area contributed by atoms with Crippen LogP contribution in [0.5, 0.6) is 5.75 Å². The minimum absolute atomic E-state index is 0.0359. The fraction of sp³-hybridized carbons (Fsp3) is 0.462. The van der Waals surface area contributed by atoms with E-state index in [9.17, 15) is 8.42 Å². The van der Waals surface area contributed by atoms with Crippen LogP contribution in [0.3, 0.4) is 0 Å². The molecule has 0 saturated carbocycles. The minimum Gasteiger partial charge on any atom is -0.495 e. The monoisotopic (exact) mass is 282 g/mol. The molecule has 0 heterocycles. The van der Waals surface area contributed by atoms with Crippen molar-refractivity contribution in [2.75, 3.05) is 12.9 Å². The standard InChI is InChI=1S/C13H18N2O3S/c1-3-12(15)9-19(16,17)8-10-4-5-11(7-14)13(6-10)18-2/h4-6,12H,3,8-9,15H2,1-2H3. The molecule has 104 valence electrons. The third-order valence-electron chi connectivity index (χ3n) is 2.77. The second-order valence-corrected chi connectivity index (χ2v) is 6.48. The highest BCUT2D eigenvalue weighted by molar-refractivity contribution is 7.90. The molecule has 2 N–H and O–H groups in total. The lowest BCUT2D eigenvalue weighted by Gasteiger charge is -2.10. The van der Waals surface area contributed by atoms with Gasteiger partial charge in [-0.1, -0.05) is 13.0 Å². The molecule has 0 radical (unpaired) electrons. The van der Waals surface area contributed by atoms with E-state index in [0.29, 0.717) is 23.3 Å². The van der Waals surface area contributed by atoms with Gasteiger partial charge in [0.25, 0.3) is 0 Å². The Morgan fingerprint density at radius 3 is 2.68 bits per heavy atom. The highest BCUT2D eigenvalue weighted by atomic mass is 32.2. The summed E-state index contributed by atoms with van der Waals surface area (Å²) in [6, 6.07) is 6.40. The van der Waals surface area contributed by atoms with Gasteiger partial charge in [-0.2, -0.15) is 5.26 Å². The molecule has 0 bridgehead atoms. The molecule has 6 heteroatoms. The molecule has 19 heavy (non-hydrogen) atoms. The molecule has 1 atom stereocenters. The van der Waals surface area contributed by atoms with Crippen LogP contribution in [0.25, 0.3) is 0 Å². The van der Waals surface area contributed by atoms with Crippen LogP contribution in [0.4, 0.5) is 0 Å². The molecule has 0 saturated heterocycles. The lowest BCUT2D eigenvalue weighted by Crippen LogP contribution is -2.29. The topological polar surface area (TPSA) is 93.2 Å². The van der Waals surface area contributed by atoms with E-state index in [1.807, 2.05) is 13.0 Å². The Morgan fingerprint density at radius 1 is 1.47 bits per heavy atom. The second-order valence-electron chi connectivity index (χ2n) is 4.37. The first-order valence-electron chi connectivity index (χ1n) is 5.95. The van der Waals surface area contributed by atoms with Crippen molar-refractivity contribution in [2.24, 2.45) is 5.73 Å². The van der Waals surface area contributed by atoms with Gasteiger partial charge in [0, 0.05) is 6.04 Å². The lowest BCUT2D eigenvalue weighted by atomic mass is 10.1. The first-order valence-corrected chi connectivity index (χ1v) is 7.77. The molecule has 0 aliphatic rings. The van der Waals surface area contributed by atoms with Gasteiger partial charge in [0.15, 0.2) is 9.84 Å². The molecular weight excluding hydrogens is 264 g/mol. The largest absolute Gasteiger partial charge is 0.495 e. The van der Waals surface area contributed by atoms with Crippen molar-refractivity contribution in [3.8, 4) is 11.8 Å². The average Bonchev–Trinajstić information content (AvgIpc) is 2.37. The molecule has 0 aromatic heterocycles. The molecular formula is C13H18N2O3S. The SMILES string of the molecule is CCC(N)CS(=O)(=O)Cc1ccc(C#N)c(OC)c1. The van der Waals surface area contributed by atoms with Gasteiger partial charge in [0.1, 0.15) is 11.8 Å². The van der Waals surface area contributed by atoms with Crippen molar-refractivity contribution in [1.82, 2.24) is 0 Å². The first kappa shape index (κ1) is 15.5. The summed E-state index contributed by atoms with van der Waals surface area (Å²) in [5, 5.41) is 8.86. The predicted octanol–water partition coefficient (Wildman–Crippen LogP) is 1.22. The zero-order valence-electron chi connectivity index (χ0n) is 11.1. The molecule has 0 fully saturated rings. The number of rotatable bonds is 6. The van der Waals surface area contributed by atoms with Crippen LogP contribution in [-0.2, 0) is 15.6 Å². The van der Waals surface area contributed by atoms with Crippen LogP contribution in [0.1, 0.15) is 24.5 Å². The smallest absolute Gasteiger partial charge is 0.155 e. The summed E-state index contributed by atoms with van der Waals surface area (Å²) in [5.74, 6) is 0.254. The fourth-order valence-electron chi connectivity index (χ4n) is 1.67. The number of sulfone groups is 1. The van der Waals surface area contributed by atoms with Gasteiger partial charge >= 0.3 is 0 Å². The summed E-state index contributed by atoms with van der Waals surface area (Å²) in [7, 11) is -1.81. The van der Waals surface area contributed by atoms with Gasteiger partial charge in [0.2, 0.25) is 0 Å². The van der Waals surface area contributed by atoms with E-state index >= 15 is 0 Å². The summed E-state index contributed by atoms with van der Waals surface area (Å²) in [6.07, 6.45) is 0.621. The number of nitrogens with two attached hydrogens (primary N) is 1. The van der Waals surface area contributed by atoms with Gasteiger partial charge in [-0.15, -0.1) is 0 Å². The van der Waals surface area contributed by atoms with Crippen molar-refractivity contribution in [3.05, 3.63) is 29.3 Å². The Labute approximate surface area is 113 Å². The van der Waals surface area contributed by atoms with Gasteiger partial charge in [-0.05, 0) is 24.1 Å². The Kier molecular flexibility index (Phi) is 5.33. The summed E-state index contributed by atoms with van der Waals surface area (Å²) in [6.45, 7) is 1.85. The van der Waals surface area contributed by atoms with Gasteiger partial charge in [0.05, 0.1) is 24.2 Å². The van der Waals surface area contributed by atoms with Crippen LogP contribution in [0, 0.1) is 11.3 Å². The third-order valence-corrected chi connectivity index (χ3v) is 4.47. The molecule has 5 nitrogen and oxygen atoms in total. The van der Waals surface area contributed by atoms with E-state index < -0.39 is 9.84 Å².